The Morgan fingerprint density at radius 1 is 0.682 bits per heavy atom. The van der Waals surface area contributed by atoms with E-state index in [2.05, 4.69) is 52.9 Å². The molecule has 0 amide bonds. The molecule has 126 valence electrons. The van der Waals surface area contributed by atoms with Gasteiger partial charge >= 0.3 is 0 Å². The summed E-state index contributed by atoms with van der Waals surface area (Å²) in [6.45, 7) is 3.48. The molecule has 0 aliphatic heterocycles. The fourth-order valence-corrected chi connectivity index (χ4v) is 2.26. The Hall–Kier alpha value is -1.40. The Labute approximate surface area is 133 Å². The summed E-state index contributed by atoms with van der Waals surface area (Å²) in [7, 11) is 12.8. The molecule has 6 nitrogen and oxygen atoms in total. The molecule has 0 bridgehead atoms. The Balaban J connectivity index is 2.41. The first-order valence-corrected chi connectivity index (χ1v) is 7.93. The van der Waals surface area contributed by atoms with Gasteiger partial charge in [-0.05, 0) is 0 Å². The second kappa shape index (κ2) is 7.24. The third kappa shape index (κ3) is 6.15. The van der Waals surface area contributed by atoms with Crippen molar-refractivity contribution in [1.29, 1.82) is 0 Å². The predicted octanol–water partition coefficient (Wildman–Crippen LogP) is 0.299. The first-order valence-electron chi connectivity index (χ1n) is 7.93. The van der Waals surface area contributed by atoms with Crippen molar-refractivity contribution in [1.82, 2.24) is 0 Å². The lowest BCUT2D eigenvalue weighted by Crippen LogP contribution is -2.40. The standard InChI is InChI=1S/C16H30N4O2/c1-19(2,3)11-7-9-17-13-14(16(22)15(13)21)18-10-8-12-20(4,5)6/h7-12H2,1-6H3/p+2. The topological polar surface area (TPSA) is 58.2 Å². The van der Waals surface area contributed by atoms with Crippen LogP contribution in [0.1, 0.15) is 12.8 Å². The molecule has 6 heteroatoms. The summed E-state index contributed by atoms with van der Waals surface area (Å²) in [5.41, 5.74) is 0.159. The first-order chi connectivity index (χ1) is 10.0. The Morgan fingerprint density at radius 3 is 1.27 bits per heavy atom. The summed E-state index contributed by atoms with van der Waals surface area (Å²) >= 11 is 0. The van der Waals surface area contributed by atoms with Crippen LogP contribution >= 0.6 is 0 Å². The number of hydrogen-bond acceptors (Lipinski definition) is 4. The number of quaternary nitrogens is 2. The summed E-state index contributed by atoms with van der Waals surface area (Å²) in [5, 5.41) is 6.22. The highest BCUT2D eigenvalue weighted by Gasteiger charge is 2.20. The van der Waals surface area contributed by atoms with E-state index in [-0.39, 0.29) is 10.9 Å². The van der Waals surface area contributed by atoms with Gasteiger partial charge in [-0.3, -0.25) is 9.59 Å². The van der Waals surface area contributed by atoms with Gasteiger partial charge in [0.25, 0.3) is 10.9 Å². The van der Waals surface area contributed by atoms with Crippen molar-refractivity contribution < 1.29 is 8.97 Å². The van der Waals surface area contributed by atoms with E-state index in [0.29, 0.717) is 24.5 Å². The molecule has 0 heterocycles. The maximum absolute atomic E-state index is 11.6. The zero-order valence-electron chi connectivity index (χ0n) is 15.0. The van der Waals surface area contributed by atoms with Gasteiger partial charge in [-0.25, -0.2) is 0 Å². The van der Waals surface area contributed by atoms with Crippen molar-refractivity contribution in [2.75, 3.05) is 79.1 Å². The minimum absolute atomic E-state index is 0.389. The summed E-state index contributed by atoms with van der Waals surface area (Å²) in [5.74, 6) is 0. The fourth-order valence-electron chi connectivity index (χ4n) is 2.26. The van der Waals surface area contributed by atoms with Gasteiger partial charge in [-0.15, -0.1) is 0 Å². The Morgan fingerprint density at radius 2 is 1.00 bits per heavy atom. The van der Waals surface area contributed by atoms with E-state index >= 15 is 0 Å². The highest BCUT2D eigenvalue weighted by Crippen LogP contribution is 2.14. The van der Waals surface area contributed by atoms with E-state index in [1.54, 1.807) is 0 Å². The largest absolute Gasteiger partial charge is 0.380 e. The highest BCUT2D eigenvalue weighted by atomic mass is 16.2. The lowest BCUT2D eigenvalue weighted by molar-refractivity contribution is -0.870. The van der Waals surface area contributed by atoms with Crippen LogP contribution < -0.4 is 21.5 Å². The maximum Gasteiger partial charge on any atom is 0.253 e. The normalized spacial score (nSPS) is 12.6. The van der Waals surface area contributed by atoms with Crippen LogP contribution in [0.3, 0.4) is 0 Å². The van der Waals surface area contributed by atoms with E-state index < -0.39 is 0 Å². The zero-order chi connectivity index (χ0) is 17.0. The van der Waals surface area contributed by atoms with Crippen LogP contribution in [0.2, 0.25) is 0 Å². The van der Waals surface area contributed by atoms with Gasteiger partial charge in [0.15, 0.2) is 0 Å². The van der Waals surface area contributed by atoms with Crippen LogP contribution in [-0.2, 0) is 0 Å². The maximum atomic E-state index is 11.6. The smallest absolute Gasteiger partial charge is 0.253 e. The quantitative estimate of drug-likeness (QED) is 0.371. The van der Waals surface area contributed by atoms with E-state index in [0.717, 1.165) is 34.9 Å². The second-order valence-electron chi connectivity index (χ2n) is 8.00. The van der Waals surface area contributed by atoms with Crippen molar-refractivity contribution in [3.05, 3.63) is 20.4 Å². The number of anilines is 2. The van der Waals surface area contributed by atoms with Gasteiger partial charge in [0.05, 0.1) is 55.4 Å². The molecule has 0 aromatic heterocycles. The van der Waals surface area contributed by atoms with Gasteiger partial charge in [-0.1, -0.05) is 0 Å². The number of nitrogens with zero attached hydrogens (tertiary/aromatic N) is 2. The van der Waals surface area contributed by atoms with Gasteiger partial charge in [0, 0.05) is 25.9 Å². The van der Waals surface area contributed by atoms with Crippen molar-refractivity contribution in [2.45, 2.75) is 12.8 Å². The highest BCUT2D eigenvalue weighted by molar-refractivity contribution is 5.73. The molecule has 0 saturated carbocycles. The Kier molecular flexibility index (Phi) is 6.14. The SMILES string of the molecule is C[N+](C)(C)CCCNc1c(NCCC[N+](C)(C)C)c(=O)c1=O. The molecule has 2 N–H and O–H groups in total. The van der Waals surface area contributed by atoms with Crippen LogP contribution in [0.5, 0.6) is 0 Å². The van der Waals surface area contributed by atoms with Crippen molar-refractivity contribution >= 4 is 11.4 Å². The summed E-state index contributed by atoms with van der Waals surface area (Å²) < 4.78 is 1.79. The average molecular weight is 312 g/mol. The third-order valence-corrected chi connectivity index (χ3v) is 3.53. The molecule has 1 aromatic carbocycles. The minimum atomic E-state index is -0.389. The van der Waals surface area contributed by atoms with Crippen LogP contribution in [0.25, 0.3) is 0 Å². The zero-order valence-corrected chi connectivity index (χ0v) is 15.0. The van der Waals surface area contributed by atoms with Crippen molar-refractivity contribution in [3.63, 3.8) is 0 Å². The molecular weight excluding hydrogens is 280 g/mol. The molecule has 1 aromatic rings. The number of nitrogens with one attached hydrogen (secondary N) is 2. The summed E-state index contributed by atoms with van der Waals surface area (Å²) in [4.78, 5) is 23.3. The monoisotopic (exact) mass is 312 g/mol. The molecule has 0 saturated heterocycles. The fraction of sp³-hybridized carbons (Fsp3) is 0.750. The van der Waals surface area contributed by atoms with Gasteiger partial charge < -0.3 is 19.6 Å². The molecule has 1 rings (SSSR count). The van der Waals surface area contributed by atoms with Crippen LogP contribution in [-0.4, -0.2) is 77.4 Å². The van der Waals surface area contributed by atoms with E-state index in [9.17, 15) is 9.59 Å². The molecular formula is C16H32N4O2+2. The number of hydrogen-bond donors (Lipinski definition) is 2. The second-order valence-corrected chi connectivity index (χ2v) is 8.00. The molecule has 0 atom stereocenters. The molecule has 0 fully saturated rings. The van der Waals surface area contributed by atoms with Crippen LogP contribution in [0, 0.1) is 0 Å². The molecule has 0 aliphatic rings. The third-order valence-electron chi connectivity index (χ3n) is 3.53. The predicted molar refractivity (Wildman–Crippen MR) is 93.4 cm³/mol. The Bertz CT molecular complexity index is 496. The van der Waals surface area contributed by atoms with E-state index in [1.807, 2.05) is 0 Å². The van der Waals surface area contributed by atoms with Crippen LogP contribution in [0.15, 0.2) is 9.59 Å². The lowest BCUT2D eigenvalue weighted by Gasteiger charge is -2.24. The minimum Gasteiger partial charge on any atom is -0.380 e. The van der Waals surface area contributed by atoms with Crippen molar-refractivity contribution in [3.8, 4) is 0 Å². The molecule has 22 heavy (non-hydrogen) atoms. The average Bonchev–Trinajstić information content (AvgIpc) is 2.37. The molecule has 0 unspecified atom stereocenters. The first kappa shape index (κ1) is 18.6. The molecule has 0 aliphatic carbocycles. The van der Waals surface area contributed by atoms with Crippen LogP contribution in [0.4, 0.5) is 11.4 Å². The van der Waals surface area contributed by atoms with E-state index in [4.69, 9.17) is 0 Å². The van der Waals surface area contributed by atoms with Crippen molar-refractivity contribution in [2.24, 2.45) is 0 Å². The summed E-state index contributed by atoms with van der Waals surface area (Å²) in [6, 6.07) is 0. The van der Waals surface area contributed by atoms with Gasteiger partial charge in [0.1, 0.15) is 11.4 Å². The lowest BCUT2D eigenvalue weighted by atomic mass is 10.2. The van der Waals surface area contributed by atoms with Gasteiger partial charge in [0.2, 0.25) is 0 Å². The van der Waals surface area contributed by atoms with E-state index in [1.165, 1.54) is 0 Å². The molecule has 0 radical (unpaired) electrons. The molecule has 0 spiro atoms. The van der Waals surface area contributed by atoms with Gasteiger partial charge in [-0.2, -0.15) is 0 Å². The summed E-state index contributed by atoms with van der Waals surface area (Å²) in [6.07, 6.45) is 1.92. The number of rotatable bonds is 10.